The fourth-order valence-electron chi connectivity index (χ4n) is 1.44. The molecule has 1 aromatic rings. The number of hydrogen-bond donors (Lipinski definition) is 2. The number of ether oxygens (including phenoxy) is 2. The Morgan fingerprint density at radius 3 is 2.48 bits per heavy atom. The first-order valence-electron chi connectivity index (χ1n) is 5.94. The van der Waals surface area contributed by atoms with Crippen molar-refractivity contribution >= 4 is 18.3 Å². The Morgan fingerprint density at radius 1 is 1.38 bits per heavy atom. The third-order valence-corrected chi connectivity index (χ3v) is 2.60. The summed E-state index contributed by atoms with van der Waals surface area (Å²) in [6.45, 7) is 0.758. The normalized spacial score (nSPS) is 10.8. The average Bonchev–Trinajstić information content (AvgIpc) is 2.37. The molecule has 0 heterocycles. The van der Waals surface area contributed by atoms with Crippen molar-refractivity contribution in [2.24, 2.45) is 5.73 Å². The molecule has 5 nitrogen and oxygen atoms in total. The van der Waals surface area contributed by atoms with Crippen LogP contribution < -0.4 is 20.5 Å². The number of hydrogen-bond acceptors (Lipinski definition) is 4. The third kappa shape index (κ3) is 5.73. The highest BCUT2D eigenvalue weighted by Gasteiger charge is 2.21. The second kappa shape index (κ2) is 7.99. The Morgan fingerprint density at radius 2 is 2.00 bits per heavy atom. The van der Waals surface area contributed by atoms with Crippen LogP contribution in [0.1, 0.15) is 24.2 Å². The maximum absolute atomic E-state index is 12.3. The fourth-order valence-corrected chi connectivity index (χ4v) is 1.44. The van der Waals surface area contributed by atoms with Crippen LogP contribution in [0.15, 0.2) is 18.2 Å². The fraction of sp³-hybridized carbons (Fsp3) is 0.462. The van der Waals surface area contributed by atoms with Gasteiger partial charge in [-0.2, -0.15) is 8.78 Å². The minimum Gasteiger partial charge on any atom is -0.493 e. The van der Waals surface area contributed by atoms with Gasteiger partial charge in [-0.1, -0.05) is 0 Å². The van der Waals surface area contributed by atoms with Crippen LogP contribution in [0.25, 0.3) is 0 Å². The Bertz CT molecular complexity index is 484. The lowest BCUT2D eigenvalue weighted by Gasteiger charge is -2.24. The van der Waals surface area contributed by atoms with Crippen molar-refractivity contribution in [1.82, 2.24) is 5.32 Å². The van der Waals surface area contributed by atoms with E-state index < -0.39 is 18.1 Å². The van der Waals surface area contributed by atoms with Crippen LogP contribution in [-0.2, 0) is 0 Å². The lowest BCUT2D eigenvalue weighted by Crippen LogP contribution is -2.48. The van der Waals surface area contributed by atoms with E-state index in [-0.39, 0.29) is 36.0 Å². The first kappa shape index (κ1) is 19.4. The molecule has 0 unspecified atom stereocenters. The van der Waals surface area contributed by atoms with Gasteiger partial charge in [-0.25, -0.2) is 0 Å². The molecule has 0 fully saturated rings. The van der Waals surface area contributed by atoms with Crippen LogP contribution >= 0.6 is 12.4 Å². The van der Waals surface area contributed by atoms with E-state index in [1.807, 2.05) is 0 Å². The van der Waals surface area contributed by atoms with Crippen LogP contribution in [0.5, 0.6) is 11.5 Å². The number of benzene rings is 1. The molecule has 3 N–H and O–H groups in total. The van der Waals surface area contributed by atoms with E-state index in [1.165, 1.54) is 25.3 Å². The molecule has 0 aliphatic rings. The zero-order valence-electron chi connectivity index (χ0n) is 12.0. The minimum atomic E-state index is -3.00. The lowest BCUT2D eigenvalue weighted by atomic mass is 10.1. The zero-order chi connectivity index (χ0) is 15.3. The maximum Gasteiger partial charge on any atom is 0.387 e. The van der Waals surface area contributed by atoms with E-state index in [2.05, 4.69) is 10.1 Å². The van der Waals surface area contributed by atoms with Crippen molar-refractivity contribution in [1.29, 1.82) is 0 Å². The van der Waals surface area contributed by atoms with Crippen LogP contribution in [0, 0.1) is 0 Å². The first-order chi connectivity index (χ1) is 9.29. The summed E-state index contributed by atoms with van der Waals surface area (Å²) in [5, 5.41) is 2.69. The lowest BCUT2D eigenvalue weighted by molar-refractivity contribution is -0.0512. The van der Waals surface area contributed by atoms with Crippen molar-refractivity contribution in [3.63, 3.8) is 0 Å². The highest BCUT2D eigenvalue weighted by atomic mass is 35.5. The number of methoxy groups -OCH3 is 1. The number of amides is 1. The molecular weight excluding hydrogens is 306 g/mol. The smallest absolute Gasteiger partial charge is 0.387 e. The number of carbonyl (C=O) groups is 1. The molecule has 0 bridgehead atoms. The molecule has 0 atom stereocenters. The van der Waals surface area contributed by atoms with Gasteiger partial charge in [-0.05, 0) is 32.0 Å². The van der Waals surface area contributed by atoms with Gasteiger partial charge >= 0.3 is 6.61 Å². The highest BCUT2D eigenvalue weighted by Crippen LogP contribution is 2.29. The molecular formula is C13H19ClF2N2O3. The van der Waals surface area contributed by atoms with Gasteiger partial charge in [-0.3, -0.25) is 4.79 Å². The second-order valence-corrected chi connectivity index (χ2v) is 4.79. The summed E-state index contributed by atoms with van der Waals surface area (Å²) in [5.74, 6) is -0.497. The summed E-state index contributed by atoms with van der Waals surface area (Å²) < 4.78 is 33.8. The number of nitrogens with two attached hydrogens (primary N) is 1. The Labute approximate surface area is 128 Å². The first-order valence-corrected chi connectivity index (χ1v) is 5.94. The van der Waals surface area contributed by atoms with Crippen LogP contribution in [0.4, 0.5) is 8.78 Å². The summed E-state index contributed by atoms with van der Waals surface area (Å²) >= 11 is 0. The van der Waals surface area contributed by atoms with Crippen LogP contribution in [-0.4, -0.2) is 31.7 Å². The van der Waals surface area contributed by atoms with Crippen molar-refractivity contribution in [2.45, 2.75) is 26.0 Å². The molecule has 0 aliphatic carbocycles. The van der Waals surface area contributed by atoms with Crippen molar-refractivity contribution < 1.29 is 23.0 Å². The van der Waals surface area contributed by atoms with E-state index >= 15 is 0 Å². The standard InChI is InChI=1S/C13H18F2N2O3.ClH/c1-13(2,7-16)17-11(18)8-4-5-9(19-3)10(6-8)20-12(14)15;/h4-6,12H,7,16H2,1-3H3,(H,17,18);1H. The van der Waals surface area contributed by atoms with Crippen molar-refractivity contribution in [2.75, 3.05) is 13.7 Å². The number of alkyl halides is 2. The Kier molecular flexibility index (Phi) is 7.38. The average molecular weight is 325 g/mol. The summed E-state index contributed by atoms with van der Waals surface area (Å²) in [5.41, 5.74) is 5.10. The number of nitrogens with one attached hydrogen (secondary N) is 1. The Balaban J connectivity index is 0.00000400. The molecule has 0 saturated heterocycles. The molecule has 1 amide bonds. The monoisotopic (exact) mass is 324 g/mol. The van der Waals surface area contributed by atoms with Gasteiger partial charge in [0, 0.05) is 17.6 Å². The van der Waals surface area contributed by atoms with E-state index in [0.717, 1.165) is 0 Å². The topological polar surface area (TPSA) is 73.6 Å². The number of halogens is 3. The predicted octanol–water partition coefficient (Wildman–Crippen LogP) is 2.19. The van der Waals surface area contributed by atoms with Crippen LogP contribution in [0.3, 0.4) is 0 Å². The Hall–Kier alpha value is -1.60. The summed E-state index contributed by atoms with van der Waals surface area (Å²) in [6.07, 6.45) is 0. The molecule has 8 heteroatoms. The number of carbonyl (C=O) groups excluding carboxylic acids is 1. The molecule has 0 spiro atoms. The molecule has 120 valence electrons. The van der Waals surface area contributed by atoms with Gasteiger partial charge in [0.2, 0.25) is 0 Å². The van der Waals surface area contributed by atoms with Gasteiger partial charge in [0.05, 0.1) is 7.11 Å². The van der Waals surface area contributed by atoms with Gasteiger partial charge in [0.25, 0.3) is 5.91 Å². The molecule has 0 aromatic heterocycles. The van der Waals surface area contributed by atoms with Gasteiger partial charge < -0.3 is 20.5 Å². The van der Waals surface area contributed by atoms with Gasteiger partial charge in [-0.15, -0.1) is 12.4 Å². The molecule has 0 aliphatic heterocycles. The van der Waals surface area contributed by atoms with Crippen molar-refractivity contribution in [3.05, 3.63) is 23.8 Å². The third-order valence-electron chi connectivity index (χ3n) is 2.60. The molecule has 0 radical (unpaired) electrons. The molecule has 0 saturated carbocycles. The quantitative estimate of drug-likeness (QED) is 0.841. The largest absolute Gasteiger partial charge is 0.493 e. The minimum absolute atomic E-state index is 0. The van der Waals surface area contributed by atoms with E-state index in [4.69, 9.17) is 10.5 Å². The maximum atomic E-state index is 12.3. The van der Waals surface area contributed by atoms with E-state index in [9.17, 15) is 13.6 Å². The molecule has 1 rings (SSSR count). The van der Waals surface area contributed by atoms with E-state index in [1.54, 1.807) is 13.8 Å². The SMILES string of the molecule is COc1ccc(C(=O)NC(C)(C)CN)cc1OC(F)F.Cl. The molecule has 21 heavy (non-hydrogen) atoms. The molecule has 1 aromatic carbocycles. The van der Waals surface area contributed by atoms with Gasteiger partial charge in [0.1, 0.15) is 0 Å². The van der Waals surface area contributed by atoms with Crippen molar-refractivity contribution in [3.8, 4) is 11.5 Å². The summed E-state index contributed by atoms with van der Waals surface area (Å²) in [7, 11) is 1.32. The van der Waals surface area contributed by atoms with Gasteiger partial charge in [0.15, 0.2) is 11.5 Å². The summed E-state index contributed by atoms with van der Waals surface area (Å²) in [4.78, 5) is 12.0. The zero-order valence-corrected chi connectivity index (χ0v) is 12.8. The number of rotatable bonds is 6. The second-order valence-electron chi connectivity index (χ2n) is 4.79. The summed E-state index contributed by atoms with van der Waals surface area (Å²) in [6, 6.07) is 4.05. The predicted molar refractivity (Wildman–Crippen MR) is 77.5 cm³/mol. The highest BCUT2D eigenvalue weighted by molar-refractivity contribution is 5.95. The van der Waals surface area contributed by atoms with Crippen LogP contribution in [0.2, 0.25) is 0 Å². The van der Waals surface area contributed by atoms with E-state index in [0.29, 0.717) is 0 Å².